The predicted octanol–water partition coefficient (Wildman–Crippen LogP) is 6.58. The van der Waals surface area contributed by atoms with E-state index in [1.807, 2.05) is 19.1 Å². The first kappa shape index (κ1) is 20.9. The van der Waals surface area contributed by atoms with Crippen molar-refractivity contribution < 1.29 is 12.6 Å². The molecular formula is C20H14BrCl2NO3S. The van der Waals surface area contributed by atoms with Crippen molar-refractivity contribution in [2.75, 3.05) is 0 Å². The van der Waals surface area contributed by atoms with Crippen molar-refractivity contribution in [3.8, 4) is 5.75 Å². The Hall–Kier alpha value is -1.86. The number of rotatable bonds is 5. The van der Waals surface area contributed by atoms with Crippen LogP contribution < -0.4 is 4.18 Å². The van der Waals surface area contributed by atoms with Gasteiger partial charge in [-0.15, -0.1) is 0 Å². The van der Waals surface area contributed by atoms with Crippen LogP contribution in [-0.4, -0.2) is 14.6 Å². The molecule has 0 aliphatic rings. The fourth-order valence-corrected chi connectivity index (χ4v) is 3.90. The quantitative estimate of drug-likeness (QED) is 0.294. The molecule has 3 aromatic carbocycles. The number of aliphatic imine (C=N–C) groups is 1. The van der Waals surface area contributed by atoms with Gasteiger partial charge in [0.1, 0.15) is 4.90 Å². The van der Waals surface area contributed by atoms with Crippen LogP contribution >= 0.6 is 39.1 Å². The second-order valence-electron chi connectivity index (χ2n) is 5.87. The summed E-state index contributed by atoms with van der Waals surface area (Å²) >= 11 is 15.3. The Morgan fingerprint density at radius 2 is 1.71 bits per heavy atom. The Kier molecular flexibility index (Phi) is 6.45. The van der Waals surface area contributed by atoms with Crippen LogP contribution in [0.2, 0.25) is 10.0 Å². The van der Waals surface area contributed by atoms with Crippen LogP contribution in [0.15, 0.2) is 75.0 Å². The van der Waals surface area contributed by atoms with Crippen LogP contribution in [0.4, 0.5) is 5.69 Å². The van der Waals surface area contributed by atoms with Gasteiger partial charge >= 0.3 is 10.1 Å². The van der Waals surface area contributed by atoms with E-state index in [4.69, 9.17) is 27.4 Å². The van der Waals surface area contributed by atoms with Gasteiger partial charge < -0.3 is 4.18 Å². The lowest BCUT2D eigenvalue weighted by atomic mass is 10.2. The van der Waals surface area contributed by atoms with Crippen LogP contribution in [0.25, 0.3) is 0 Å². The third-order valence-corrected chi connectivity index (χ3v) is 6.18. The Morgan fingerprint density at radius 3 is 2.39 bits per heavy atom. The van der Waals surface area contributed by atoms with Gasteiger partial charge in [0.05, 0.1) is 5.69 Å². The van der Waals surface area contributed by atoms with Gasteiger partial charge in [0.25, 0.3) is 0 Å². The van der Waals surface area contributed by atoms with Gasteiger partial charge in [-0.1, -0.05) is 45.2 Å². The van der Waals surface area contributed by atoms with Crippen molar-refractivity contribution >= 4 is 61.2 Å². The molecule has 28 heavy (non-hydrogen) atoms. The van der Waals surface area contributed by atoms with Crippen LogP contribution in [0.3, 0.4) is 0 Å². The van der Waals surface area contributed by atoms with Gasteiger partial charge in [0.15, 0.2) is 5.75 Å². The van der Waals surface area contributed by atoms with E-state index in [1.54, 1.807) is 24.3 Å². The van der Waals surface area contributed by atoms with Crippen molar-refractivity contribution in [1.29, 1.82) is 0 Å². The molecule has 8 heteroatoms. The summed E-state index contributed by atoms with van der Waals surface area (Å²) in [6, 6.07) is 16.1. The molecule has 0 fully saturated rings. The smallest absolute Gasteiger partial charge is 0.339 e. The minimum Gasteiger partial charge on any atom is -0.378 e. The van der Waals surface area contributed by atoms with Crippen molar-refractivity contribution in [3.63, 3.8) is 0 Å². The minimum atomic E-state index is -4.02. The molecule has 0 N–H and O–H groups in total. The summed E-state index contributed by atoms with van der Waals surface area (Å²) in [5.41, 5.74) is 2.08. The number of benzene rings is 3. The van der Waals surface area contributed by atoms with Gasteiger partial charge in [-0.25, -0.2) is 0 Å². The molecule has 0 radical (unpaired) electrons. The van der Waals surface area contributed by atoms with E-state index < -0.39 is 10.1 Å². The Bertz CT molecular complexity index is 1150. The van der Waals surface area contributed by atoms with Gasteiger partial charge in [-0.2, -0.15) is 8.42 Å². The van der Waals surface area contributed by atoms with Gasteiger partial charge in [0, 0.05) is 26.3 Å². The highest BCUT2D eigenvalue weighted by atomic mass is 79.9. The van der Waals surface area contributed by atoms with E-state index in [0.29, 0.717) is 21.3 Å². The Balaban J connectivity index is 1.93. The topological polar surface area (TPSA) is 55.7 Å². The molecule has 0 spiro atoms. The van der Waals surface area contributed by atoms with Crippen molar-refractivity contribution in [1.82, 2.24) is 0 Å². The van der Waals surface area contributed by atoms with Gasteiger partial charge in [-0.3, -0.25) is 4.99 Å². The number of hydrogen-bond donors (Lipinski definition) is 0. The van der Waals surface area contributed by atoms with E-state index in [0.717, 1.165) is 10.0 Å². The molecular weight excluding hydrogens is 485 g/mol. The van der Waals surface area contributed by atoms with E-state index in [2.05, 4.69) is 20.9 Å². The molecule has 0 bridgehead atoms. The second-order valence-corrected chi connectivity index (χ2v) is 9.17. The van der Waals surface area contributed by atoms with Crippen molar-refractivity contribution in [3.05, 3.63) is 86.3 Å². The first-order chi connectivity index (χ1) is 13.2. The molecule has 0 aliphatic carbocycles. The first-order valence-corrected chi connectivity index (χ1v) is 11.0. The summed E-state index contributed by atoms with van der Waals surface area (Å²) in [5, 5.41) is 1.04. The molecule has 0 unspecified atom stereocenters. The zero-order valence-corrected chi connectivity index (χ0v) is 18.5. The SMILES string of the molecule is Cc1ccc(N=Cc2cc(Br)ccc2OS(=O)(=O)c2ccc(Cl)cc2)cc1Cl. The highest BCUT2D eigenvalue weighted by Gasteiger charge is 2.18. The maximum absolute atomic E-state index is 12.6. The summed E-state index contributed by atoms with van der Waals surface area (Å²) in [5.74, 6) is 0.153. The predicted molar refractivity (Wildman–Crippen MR) is 117 cm³/mol. The van der Waals surface area contributed by atoms with Crippen molar-refractivity contribution in [2.45, 2.75) is 11.8 Å². The molecule has 0 saturated heterocycles. The van der Waals surface area contributed by atoms with Crippen LogP contribution in [0.5, 0.6) is 5.75 Å². The highest BCUT2D eigenvalue weighted by molar-refractivity contribution is 9.10. The second kappa shape index (κ2) is 8.66. The number of aryl methyl sites for hydroxylation is 1. The van der Waals surface area contributed by atoms with Crippen LogP contribution in [0.1, 0.15) is 11.1 Å². The van der Waals surface area contributed by atoms with Gasteiger partial charge in [-0.05, 0) is 67.1 Å². The van der Waals surface area contributed by atoms with E-state index >= 15 is 0 Å². The highest BCUT2D eigenvalue weighted by Crippen LogP contribution is 2.27. The lowest BCUT2D eigenvalue weighted by Crippen LogP contribution is -2.10. The molecule has 144 valence electrons. The van der Waals surface area contributed by atoms with Gasteiger partial charge in [0.2, 0.25) is 0 Å². The largest absolute Gasteiger partial charge is 0.378 e. The maximum Gasteiger partial charge on any atom is 0.339 e. The number of nitrogens with zero attached hydrogens (tertiary/aromatic N) is 1. The molecule has 0 aliphatic heterocycles. The fraction of sp³-hybridized carbons (Fsp3) is 0.0500. The molecule has 3 aromatic rings. The lowest BCUT2D eigenvalue weighted by Gasteiger charge is -2.10. The molecule has 0 aromatic heterocycles. The molecule has 4 nitrogen and oxygen atoms in total. The lowest BCUT2D eigenvalue weighted by molar-refractivity contribution is 0.485. The average molecular weight is 499 g/mol. The summed E-state index contributed by atoms with van der Waals surface area (Å²) in [6.45, 7) is 1.90. The van der Waals surface area contributed by atoms with E-state index in [-0.39, 0.29) is 10.6 Å². The van der Waals surface area contributed by atoms with Crippen LogP contribution in [-0.2, 0) is 10.1 Å². The molecule has 0 atom stereocenters. The summed E-state index contributed by atoms with van der Waals surface area (Å²) in [6.07, 6.45) is 1.53. The molecule has 3 rings (SSSR count). The molecule has 0 heterocycles. The van der Waals surface area contributed by atoms with Crippen molar-refractivity contribution in [2.24, 2.45) is 4.99 Å². The minimum absolute atomic E-state index is 0.00743. The number of hydrogen-bond acceptors (Lipinski definition) is 4. The zero-order valence-electron chi connectivity index (χ0n) is 14.6. The van der Waals surface area contributed by atoms with E-state index in [9.17, 15) is 8.42 Å². The average Bonchev–Trinajstić information content (AvgIpc) is 2.65. The third kappa shape index (κ3) is 5.14. The monoisotopic (exact) mass is 497 g/mol. The first-order valence-electron chi connectivity index (χ1n) is 8.04. The fourth-order valence-electron chi connectivity index (χ4n) is 2.27. The summed E-state index contributed by atoms with van der Waals surface area (Å²) in [4.78, 5) is 4.38. The normalized spacial score (nSPS) is 11.7. The zero-order chi connectivity index (χ0) is 20.3. The molecule has 0 amide bonds. The summed E-state index contributed by atoms with van der Waals surface area (Å²) in [7, 11) is -4.02. The standard InChI is InChI=1S/C20H14BrCl2NO3S/c1-13-2-6-17(11-19(13)23)24-12-14-10-15(21)3-9-20(14)27-28(25,26)18-7-4-16(22)5-8-18/h2-12H,1H3. The Morgan fingerprint density at radius 1 is 1.00 bits per heavy atom. The number of halogens is 3. The molecule has 0 saturated carbocycles. The van der Waals surface area contributed by atoms with E-state index in [1.165, 1.54) is 30.5 Å². The maximum atomic E-state index is 12.6. The van der Waals surface area contributed by atoms with Crippen LogP contribution in [0, 0.1) is 6.92 Å². The third-order valence-electron chi connectivity index (χ3n) is 3.78. The summed E-state index contributed by atoms with van der Waals surface area (Å²) < 4.78 is 31.2. The Labute approximate surface area is 182 Å².